The van der Waals surface area contributed by atoms with Crippen molar-refractivity contribution in [3.05, 3.63) is 47.0 Å². The molecule has 0 radical (unpaired) electrons. The molecule has 0 spiro atoms. The Morgan fingerprint density at radius 3 is 2.58 bits per heavy atom. The number of aryl methyl sites for hydroxylation is 1. The summed E-state index contributed by atoms with van der Waals surface area (Å²) in [7, 11) is 0. The van der Waals surface area contributed by atoms with Gasteiger partial charge in [-0.05, 0) is 43.7 Å². The lowest BCUT2D eigenvalue weighted by molar-refractivity contribution is 0.340. The summed E-state index contributed by atoms with van der Waals surface area (Å²) >= 11 is 6.10. The monoisotopic (exact) mass is 277 g/mol. The summed E-state index contributed by atoms with van der Waals surface area (Å²) in [6, 6.07) is 11.0. The molecule has 19 heavy (non-hydrogen) atoms. The zero-order valence-corrected chi connectivity index (χ0v) is 11.7. The Labute approximate surface area is 117 Å². The first-order valence-electron chi connectivity index (χ1n) is 6.07. The Kier molecular flexibility index (Phi) is 4.17. The second-order valence-corrected chi connectivity index (χ2v) is 4.54. The minimum atomic E-state index is 0.474. The third-order valence-corrected chi connectivity index (χ3v) is 2.94. The Balaban J connectivity index is 2.33. The highest BCUT2D eigenvalue weighted by Gasteiger charge is 2.10. The molecule has 3 nitrogen and oxygen atoms in total. The molecule has 2 aromatic carbocycles. The van der Waals surface area contributed by atoms with Crippen molar-refractivity contribution in [3.63, 3.8) is 0 Å². The lowest BCUT2D eigenvalue weighted by atomic mass is 10.2. The molecule has 0 amide bonds. The van der Waals surface area contributed by atoms with E-state index in [1.165, 1.54) is 0 Å². The molecule has 0 atom stereocenters. The van der Waals surface area contributed by atoms with Gasteiger partial charge in [0.1, 0.15) is 17.2 Å². The topological polar surface area (TPSA) is 44.5 Å². The van der Waals surface area contributed by atoms with Gasteiger partial charge in [0.2, 0.25) is 0 Å². The number of benzene rings is 2. The summed E-state index contributed by atoms with van der Waals surface area (Å²) in [5.41, 5.74) is 7.55. The minimum Gasteiger partial charge on any atom is -0.492 e. The van der Waals surface area contributed by atoms with Gasteiger partial charge in [0, 0.05) is 0 Å². The largest absolute Gasteiger partial charge is 0.492 e. The van der Waals surface area contributed by atoms with E-state index in [2.05, 4.69) is 0 Å². The van der Waals surface area contributed by atoms with Crippen molar-refractivity contribution in [2.75, 3.05) is 12.3 Å². The summed E-state index contributed by atoms with van der Waals surface area (Å²) < 4.78 is 11.2. The van der Waals surface area contributed by atoms with Gasteiger partial charge < -0.3 is 15.2 Å². The zero-order chi connectivity index (χ0) is 13.8. The number of halogens is 1. The SMILES string of the molecule is CCOc1cccc(Oc2cc(C)ccc2Cl)c1N. The van der Waals surface area contributed by atoms with Crippen LogP contribution in [-0.4, -0.2) is 6.61 Å². The number of nitrogens with two attached hydrogens (primary N) is 1. The fourth-order valence-corrected chi connectivity index (χ4v) is 1.86. The Morgan fingerprint density at radius 2 is 1.84 bits per heavy atom. The van der Waals surface area contributed by atoms with E-state index in [9.17, 15) is 0 Å². The van der Waals surface area contributed by atoms with Crippen molar-refractivity contribution in [2.24, 2.45) is 0 Å². The average Bonchev–Trinajstić information content (AvgIpc) is 2.39. The number of anilines is 1. The van der Waals surface area contributed by atoms with Crippen LogP contribution in [0.4, 0.5) is 5.69 Å². The van der Waals surface area contributed by atoms with E-state index in [1.54, 1.807) is 12.1 Å². The third-order valence-electron chi connectivity index (χ3n) is 2.63. The van der Waals surface area contributed by atoms with Gasteiger partial charge in [-0.2, -0.15) is 0 Å². The Bertz CT molecular complexity index is 584. The molecule has 0 bridgehead atoms. The number of ether oxygens (including phenoxy) is 2. The summed E-state index contributed by atoms with van der Waals surface area (Å²) in [4.78, 5) is 0. The zero-order valence-electron chi connectivity index (χ0n) is 10.9. The van der Waals surface area contributed by atoms with Gasteiger partial charge in [-0.15, -0.1) is 0 Å². The van der Waals surface area contributed by atoms with Crippen molar-refractivity contribution in [1.29, 1.82) is 0 Å². The van der Waals surface area contributed by atoms with Crippen LogP contribution in [-0.2, 0) is 0 Å². The molecule has 0 saturated heterocycles. The van der Waals surface area contributed by atoms with E-state index in [0.717, 1.165) is 5.56 Å². The highest BCUT2D eigenvalue weighted by Crippen LogP contribution is 2.37. The van der Waals surface area contributed by atoms with Gasteiger partial charge in [-0.3, -0.25) is 0 Å². The van der Waals surface area contributed by atoms with Crippen LogP contribution in [0.1, 0.15) is 12.5 Å². The lowest BCUT2D eigenvalue weighted by Crippen LogP contribution is -1.99. The minimum absolute atomic E-state index is 0.474. The van der Waals surface area contributed by atoms with E-state index in [1.807, 2.05) is 38.1 Å². The van der Waals surface area contributed by atoms with E-state index in [4.69, 9.17) is 26.8 Å². The number of hydrogen-bond donors (Lipinski definition) is 1. The van der Waals surface area contributed by atoms with Gasteiger partial charge in [0.05, 0.1) is 11.6 Å². The van der Waals surface area contributed by atoms with Crippen LogP contribution in [0.25, 0.3) is 0 Å². The smallest absolute Gasteiger partial charge is 0.154 e. The van der Waals surface area contributed by atoms with E-state index in [0.29, 0.717) is 34.6 Å². The predicted molar refractivity (Wildman–Crippen MR) is 78.3 cm³/mol. The summed E-state index contributed by atoms with van der Waals surface area (Å²) in [5.74, 6) is 1.74. The van der Waals surface area contributed by atoms with Crippen LogP contribution in [0, 0.1) is 6.92 Å². The first kappa shape index (κ1) is 13.6. The first-order chi connectivity index (χ1) is 9.11. The molecule has 100 valence electrons. The van der Waals surface area contributed by atoms with Gasteiger partial charge in [-0.1, -0.05) is 23.7 Å². The van der Waals surface area contributed by atoms with Crippen LogP contribution >= 0.6 is 11.6 Å². The molecule has 0 heterocycles. The van der Waals surface area contributed by atoms with Gasteiger partial charge >= 0.3 is 0 Å². The second kappa shape index (κ2) is 5.85. The molecule has 2 N–H and O–H groups in total. The van der Waals surface area contributed by atoms with Crippen molar-refractivity contribution < 1.29 is 9.47 Å². The van der Waals surface area contributed by atoms with Gasteiger partial charge in [0.25, 0.3) is 0 Å². The lowest BCUT2D eigenvalue weighted by Gasteiger charge is -2.13. The molecule has 0 aliphatic rings. The van der Waals surface area contributed by atoms with Crippen LogP contribution in [0.2, 0.25) is 5.02 Å². The highest BCUT2D eigenvalue weighted by atomic mass is 35.5. The molecular formula is C15H16ClNO2. The summed E-state index contributed by atoms with van der Waals surface area (Å²) in [5, 5.41) is 0.548. The summed E-state index contributed by atoms with van der Waals surface area (Å²) in [6.45, 7) is 4.44. The van der Waals surface area contributed by atoms with Crippen LogP contribution in [0.5, 0.6) is 17.2 Å². The van der Waals surface area contributed by atoms with Crippen molar-refractivity contribution >= 4 is 17.3 Å². The van der Waals surface area contributed by atoms with E-state index < -0.39 is 0 Å². The molecule has 0 fully saturated rings. The average molecular weight is 278 g/mol. The quantitative estimate of drug-likeness (QED) is 0.841. The maximum absolute atomic E-state index is 6.10. The standard InChI is InChI=1S/C15H16ClNO2/c1-3-18-12-5-4-6-13(15(12)17)19-14-9-10(2)7-8-11(14)16/h4-9H,3,17H2,1-2H3. The molecule has 0 aromatic heterocycles. The maximum atomic E-state index is 6.10. The Morgan fingerprint density at radius 1 is 1.11 bits per heavy atom. The number of para-hydroxylation sites is 1. The fourth-order valence-electron chi connectivity index (χ4n) is 1.70. The number of hydrogen-bond acceptors (Lipinski definition) is 3. The van der Waals surface area contributed by atoms with Crippen LogP contribution in [0.3, 0.4) is 0 Å². The molecule has 0 aliphatic heterocycles. The van der Waals surface area contributed by atoms with E-state index >= 15 is 0 Å². The van der Waals surface area contributed by atoms with Crippen molar-refractivity contribution in [2.45, 2.75) is 13.8 Å². The van der Waals surface area contributed by atoms with Gasteiger partial charge in [0.15, 0.2) is 5.75 Å². The molecule has 0 unspecified atom stereocenters. The maximum Gasteiger partial charge on any atom is 0.154 e. The first-order valence-corrected chi connectivity index (χ1v) is 6.45. The third kappa shape index (κ3) is 3.12. The molecular weight excluding hydrogens is 262 g/mol. The fraction of sp³-hybridized carbons (Fsp3) is 0.200. The molecule has 2 aromatic rings. The van der Waals surface area contributed by atoms with Crippen LogP contribution < -0.4 is 15.2 Å². The second-order valence-electron chi connectivity index (χ2n) is 4.14. The summed E-state index contributed by atoms with van der Waals surface area (Å²) in [6.07, 6.45) is 0. The van der Waals surface area contributed by atoms with E-state index in [-0.39, 0.29) is 0 Å². The molecule has 2 rings (SSSR count). The number of nitrogen functional groups attached to an aromatic ring is 1. The van der Waals surface area contributed by atoms with Gasteiger partial charge in [-0.25, -0.2) is 0 Å². The van der Waals surface area contributed by atoms with Crippen molar-refractivity contribution in [3.8, 4) is 17.2 Å². The Hall–Kier alpha value is -1.87. The predicted octanol–water partition coefficient (Wildman–Crippen LogP) is 4.42. The number of rotatable bonds is 4. The van der Waals surface area contributed by atoms with Crippen LogP contribution in [0.15, 0.2) is 36.4 Å². The molecule has 0 saturated carbocycles. The molecule has 4 heteroatoms. The van der Waals surface area contributed by atoms with Crippen molar-refractivity contribution in [1.82, 2.24) is 0 Å². The highest BCUT2D eigenvalue weighted by molar-refractivity contribution is 6.32. The normalized spacial score (nSPS) is 10.3. The molecule has 0 aliphatic carbocycles.